The molecule has 1 aliphatic heterocycles. The van der Waals surface area contributed by atoms with Crippen molar-refractivity contribution in [2.45, 2.75) is 6.29 Å². The van der Waals surface area contributed by atoms with Gasteiger partial charge in [0.2, 0.25) is 0 Å². The molecule has 0 fully saturated rings. The molecule has 0 aromatic heterocycles. The summed E-state index contributed by atoms with van der Waals surface area (Å²) in [6, 6.07) is 5.54. The van der Waals surface area contributed by atoms with Gasteiger partial charge in [-0.15, -0.1) is 0 Å². The molecule has 4 heteroatoms. The van der Waals surface area contributed by atoms with E-state index in [1.54, 1.807) is 6.07 Å². The van der Waals surface area contributed by atoms with Crippen molar-refractivity contribution in [3.05, 3.63) is 45.8 Å². The molecule has 68 valence electrons. The second-order valence-electron chi connectivity index (χ2n) is 2.55. The van der Waals surface area contributed by atoms with Crippen LogP contribution in [-0.2, 0) is 9.47 Å². The Bertz CT molecular complexity index is 343. The van der Waals surface area contributed by atoms with Gasteiger partial charge in [-0.1, -0.05) is 17.7 Å². The summed E-state index contributed by atoms with van der Waals surface area (Å²) in [6.45, 7) is 0. The number of ether oxygens (including phenoxy) is 2. The molecule has 0 saturated heterocycles. The summed E-state index contributed by atoms with van der Waals surface area (Å²) in [5, 5.41) is 0.676. The number of benzene rings is 1. The smallest absolute Gasteiger partial charge is 0.266 e. The van der Waals surface area contributed by atoms with Crippen LogP contribution >= 0.6 is 27.5 Å². The van der Waals surface area contributed by atoms with E-state index in [-0.39, 0.29) is 6.29 Å². The monoisotopic (exact) mass is 260 g/mol. The van der Waals surface area contributed by atoms with Crippen LogP contribution in [0.25, 0.3) is 0 Å². The first kappa shape index (κ1) is 8.91. The predicted octanol–water partition coefficient (Wildman–Crippen LogP) is 3.62. The lowest BCUT2D eigenvalue weighted by atomic mass is 10.2. The maximum absolute atomic E-state index is 5.84. The molecule has 2 nitrogen and oxygen atoms in total. The summed E-state index contributed by atoms with van der Waals surface area (Å²) in [6.07, 6.45) is 2.70. The highest BCUT2D eigenvalue weighted by molar-refractivity contribution is 9.10. The Morgan fingerprint density at radius 1 is 1.23 bits per heavy atom. The quantitative estimate of drug-likeness (QED) is 0.769. The fourth-order valence-corrected chi connectivity index (χ4v) is 1.57. The Labute approximate surface area is 89.2 Å². The Morgan fingerprint density at radius 2 is 1.92 bits per heavy atom. The van der Waals surface area contributed by atoms with Gasteiger partial charge in [0.1, 0.15) is 12.5 Å². The van der Waals surface area contributed by atoms with Crippen LogP contribution in [0.5, 0.6) is 0 Å². The van der Waals surface area contributed by atoms with Crippen molar-refractivity contribution in [1.29, 1.82) is 0 Å². The summed E-state index contributed by atoms with van der Waals surface area (Å²) in [4.78, 5) is 0. The fraction of sp³-hybridized carbons (Fsp3) is 0.111. The third-order valence-electron chi connectivity index (χ3n) is 1.68. The minimum absolute atomic E-state index is 0.339. The zero-order chi connectivity index (χ0) is 9.26. The van der Waals surface area contributed by atoms with Crippen LogP contribution in [0.2, 0.25) is 5.02 Å². The lowest BCUT2D eigenvalue weighted by Gasteiger charge is -2.10. The fourth-order valence-electron chi connectivity index (χ4n) is 1.06. The molecule has 0 radical (unpaired) electrons. The zero-order valence-electron chi connectivity index (χ0n) is 6.54. The van der Waals surface area contributed by atoms with Gasteiger partial charge in [-0.05, 0) is 28.1 Å². The number of hydrogen-bond donors (Lipinski definition) is 0. The van der Waals surface area contributed by atoms with Crippen LogP contribution in [0.4, 0.5) is 0 Å². The van der Waals surface area contributed by atoms with E-state index < -0.39 is 0 Å². The maximum Gasteiger partial charge on any atom is 0.266 e. The van der Waals surface area contributed by atoms with Crippen LogP contribution in [-0.4, -0.2) is 0 Å². The summed E-state index contributed by atoms with van der Waals surface area (Å²) >= 11 is 9.17. The van der Waals surface area contributed by atoms with Gasteiger partial charge >= 0.3 is 0 Å². The van der Waals surface area contributed by atoms with Crippen molar-refractivity contribution in [1.82, 2.24) is 0 Å². The van der Waals surface area contributed by atoms with Gasteiger partial charge in [0, 0.05) is 10.0 Å². The molecule has 0 unspecified atom stereocenters. The zero-order valence-corrected chi connectivity index (χ0v) is 8.88. The van der Waals surface area contributed by atoms with E-state index in [9.17, 15) is 0 Å². The first-order chi connectivity index (χ1) is 6.27. The minimum atomic E-state index is -0.339. The van der Waals surface area contributed by atoms with Crippen molar-refractivity contribution in [3.8, 4) is 0 Å². The van der Waals surface area contributed by atoms with Crippen LogP contribution < -0.4 is 0 Å². The summed E-state index contributed by atoms with van der Waals surface area (Å²) in [7, 11) is 0. The predicted molar refractivity (Wildman–Crippen MR) is 53.2 cm³/mol. The molecule has 0 N–H and O–H groups in total. The van der Waals surface area contributed by atoms with E-state index in [0.29, 0.717) is 5.02 Å². The molecule has 1 aliphatic rings. The highest BCUT2D eigenvalue weighted by atomic mass is 79.9. The first-order valence-electron chi connectivity index (χ1n) is 3.68. The molecule has 1 aromatic rings. The second-order valence-corrected chi connectivity index (χ2v) is 3.81. The standard InChI is InChI=1S/C9H6BrClO2/c10-7-5-6(1-2-8(7)11)9-12-3-4-13-9/h1-5,9H. The molecular formula is C9H6BrClO2. The van der Waals surface area contributed by atoms with Gasteiger partial charge in [-0.2, -0.15) is 0 Å². The number of rotatable bonds is 1. The third kappa shape index (κ3) is 1.81. The summed E-state index contributed by atoms with van der Waals surface area (Å²) in [5.74, 6) is 0. The van der Waals surface area contributed by atoms with Gasteiger partial charge in [-0.25, -0.2) is 0 Å². The topological polar surface area (TPSA) is 18.5 Å². The van der Waals surface area contributed by atoms with E-state index >= 15 is 0 Å². The molecule has 0 aliphatic carbocycles. The first-order valence-corrected chi connectivity index (χ1v) is 4.85. The molecule has 0 amide bonds. The van der Waals surface area contributed by atoms with Gasteiger partial charge in [0.25, 0.3) is 6.29 Å². The summed E-state index contributed by atoms with van der Waals surface area (Å²) in [5.41, 5.74) is 0.932. The third-order valence-corrected chi connectivity index (χ3v) is 2.89. The van der Waals surface area contributed by atoms with Gasteiger partial charge in [-0.3, -0.25) is 0 Å². The Morgan fingerprint density at radius 3 is 2.54 bits per heavy atom. The minimum Gasteiger partial charge on any atom is -0.455 e. The van der Waals surface area contributed by atoms with Crippen LogP contribution in [0.1, 0.15) is 11.9 Å². The largest absolute Gasteiger partial charge is 0.455 e. The molecule has 0 spiro atoms. The van der Waals surface area contributed by atoms with Gasteiger partial charge in [0.05, 0.1) is 5.02 Å². The van der Waals surface area contributed by atoms with Gasteiger partial charge < -0.3 is 9.47 Å². The number of hydrogen-bond acceptors (Lipinski definition) is 2. The van der Waals surface area contributed by atoms with Crippen molar-refractivity contribution in [2.24, 2.45) is 0 Å². The SMILES string of the molecule is Clc1ccc(C2OC=CO2)cc1Br. The van der Waals surface area contributed by atoms with Crippen molar-refractivity contribution < 1.29 is 9.47 Å². The van der Waals surface area contributed by atoms with Crippen LogP contribution in [0.15, 0.2) is 35.2 Å². The Balaban J connectivity index is 2.26. The van der Waals surface area contributed by atoms with Crippen molar-refractivity contribution in [2.75, 3.05) is 0 Å². The Kier molecular flexibility index (Phi) is 2.47. The van der Waals surface area contributed by atoms with E-state index in [0.717, 1.165) is 10.0 Å². The number of halogens is 2. The van der Waals surface area contributed by atoms with E-state index in [2.05, 4.69) is 15.9 Å². The lowest BCUT2D eigenvalue weighted by Crippen LogP contribution is -1.97. The normalized spacial score (nSPS) is 15.5. The molecule has 1 heterocycles. The molecular weight excluding hydrogens is 255 g/mol. The highest BCUT2D eigenvalue weighted by Crippen LogP contribution is 2.29. The average Bonchev–Trinajstić information content (AvgIpc) is 2.62. The lowest BCUT2D eigenvalue weighted by molar-refractivity contribution is -0.0246. The molecule has 2 rings (SSSR count). The molecule has 1 aromatic carbocycles. The van der Waals surface area contributed by atoms with E-state index in [1.807, 2.05) is 12.1 Å². The maximum atomic E-state index is 5.84. The van der Waals surface area contributed by atoms with E-state index in [1.165, 1.54) is 12.5 Å². The van der Waals surface area contributed by atoms with E-state index in [4.69, 9.17) is 21.1 Å². The van der Waals surface area contributed by atoms with Crippen molar-refractivity contribution >= 4 is 27.5 Å². The molecule has 0 bridgehead atoms. The second kappa shape index (κ2) is 3.60. The summed E-state index contributed by atoms with van der Waals surface area (Å²) < 4.78 is 11.2. The van der Waals surface area contributed by atoms with Crippen molar-refractivity contribution in [3.63, 3.8) is 0 Å². The van der Waals surface area contributed by atoms with Crippen LogP contribution in [0.3, 0.4) is 0 Å². The van der Waals surface area contributed by atoms with Crippen LogP contribution in [0, 0.1) is 0 Å². The average molecular weight is 262 g/mol. The molecule has 0 saturated carbocycles. The molecule has 13 heavy (non-hydrogen) atoms. The Hall–Kier alpha value is -0.670. The van der Waals surface area contributed by atoms with Gasteiger partial charge in [0.15, 0.2) is 0 Å². The highest BCUT2D eigenvalue weighted by Gasteiger charge is 2.15. The molecule has 0 atom stereocenters.